The molecule has 4 N–H and O–H groups in total. The van der Waals surface area contributed by atoms with Gasteiger partial charge < -0.3 is 30.1 Å². The van der Waals surface area contributed by atoms with Gasteiger partial charge in [-0.15, -0.1) is 0 Å². The van der Waals surface area contributed by atoms with E-state index in [0.717, 1.165) is 5.56 Å². The lowest BCUT2D eigenvalue weighted by Gasteiger charge is -2.39. The Bertz CT molecular complexity index is 400. The highest BCUT2D eigenvalue weighted by molar-refractivity contribution is 5.14. The number of benzene rings is 1. The second kappa shape index (κ2) is 7.12. The first-order valence-electron chi connectivity index (χ1n) is 6.60. The molecule has 1 aromatic carbocycles. The smallest absolute Gasteiger partial charge is 0.186 e. The molecule has 0 saturated carbocycles. The van der Waals surface area contributed by atoms with Crippen molar-refractivity contribution in [3.05, 3.63) is 35.9 Å². The molecule has 1 saturated heterocycles. The van der Waals surface area contributed by atoms with Gasteiger partial charge in [0.15, 0.2) is 6.29 Å². The van der Waals surface area contributed by atoms with E-state index in [1.165, 1.54) is 7.11 Å². The van der Waals surface area contributed by atoms with Crippen molar-refractivity contribution >= 4 is 0 Å². The highest BCUT2D eigenvalue weighted by atomic mass is 16.7. The number of aliphatic hydroxyl groups is 3. The molecule has 1 aliphatic rings. The van der Waals surface area contributed by atoms with Crippen molar-refractivity contribution in [1.82, 2.24) is 5.32 Å². The SMILES string of the molecule is COC1O[C@H](CNCc2ccccc2)[C@@H](O)C(O)[C@@H]1O. The first kappa shape index (κ1) is 15.4. The molecule has 2 unspecified atom stereocenters. The molecule has 1 heterocycles. The average molecular weight is 283 g/mol. The maximum atomic E-state index is 9.89. The van der Waals surface area contributed by atoms with E-state index in [2.05, 4.69) is 5.32 Å². The molecule has 1 fully saturated rings. The van der Waals surface area contributed by atoms with Crippen LogP contribution in [0.2, 0.25) is 0 Å². The average Bonchev–Trinajstić information content (AvgIpc) is 2.48. The van der Waals surface area contributed by atoms with Crippen LogP contribution in [-0.2, 0) is 16.0 Å². The fourth-order valence-electron chi connectivity index (χ4n) is 2.23. The predicted molar refractivity (Wildman–Crippen MR) is 71.8 cm³/mol. The van der Waals surface area contributed by atoms with Crippen LogP contribution >= 0.6 is 0 Å². The van der Waals surface area contributed by atoms with Gasteiger partial charge in [-0.05, 0) is 5.56 Å². The van der Waals surface area contributed by atoms with Gasteiger partial charge in [0.2, 0.25) is 0 Å². The Morgan fingerprint density at radius 3 is 2.45 bits per heavy atom. The summed E-state index contributed by atoms with van der Waals surface area (Å²) >= 11 is 0. The van der Waals surface area contributed by atoms with Gasteiger partial charge in [0.05, 0.1) is 0 Å². The van der Waals surface area contributed by atoms with Crippen LogP contribution in [0.1, 0.15) is 5.56 Å². The van der Waals surface area contributed by atoms with E-state index in [-0.39, 0.29) is 0 Å². The van der Waals surface area contributed by atoms with E-state index in [9.17, 15) is 15.3 Å². The fraction of sp³-hybridized carbons (Fsp3) is 0.571. The van der Waals surface area contributed by atoms with Crippen molar-refractivity contribution < 1.29 is 24.8 Å². The number of hydrogen-bond donors (Lipinski definition) is 4. The molecule has 6 heteroatoms. The zero-order chi connectivity index (χ0) is 14.5. The van der Waals surface area contributed by atoms with Gasteiger partial charge in [0.25, 0.3) is 0 Å². The third-order valence-electron chi connectivity index (χ3n) is 3.42. The van der Waals surface area contributed by atoms with Gasteiger partial charge in [-0.2, -0.15) is 0 Å². The van der Waals surface area contributed by atoms with Gasteiger partial charge >= 0.3 is 0 Å². The van der Waals surface area contributed by atoms with Crippen LogP contribution in [0.4, 0.5) is 0 Å². The Kier molecular flexibility index (Phi) is 5.47. The predicted octanol–water partition coefficient (Wildman–Crippen LogP) is -0.770. The number of hydrogen-bond acceptors (Lipinski definition) is 6. The Hall–Kier alpha value is -1.02. The number of nitrogens with one attached hydrogen (secondary N) is 1. The molecule has 1 aliphatic heterocycles. The van der Waals surface area contributed by atoms with Crippen LogP contribution < -0.4 is 5.32 Å². The minimum atomic E-state index is -1.28. The van der Waals surface area contributed by atoms with Crippen molar-refractivity contribution in [1.29, 1.82) is 0 Å². The van der Waals surface area contributed by atoms with Gasteiger partial charge in [0.1, 0.15) is 24.4 Å². The normalized spacial score (nSPS) is 34.1. The van der Waals surface area contributed by atoms with E-state index in [0.29, 0.717) is 13.1 Å². The summed E-state index contributed by atoms with van der Waals surface area (Å²) in [5, 5.41) is 32.4. The molecule has 1 aromatic rings. The highest BCUT2D eigenvalue weighted by Gasteiger charge is 2.43. The molecule has 6 nitrogen and oxygen atoms in total. The van der Waals surface area contributed by atoms with Crippen LogP contribution in [0, 0.1) is 0 Å². The van der Waals surface area contributed by atoms with Crippen molar-refractivity contribution in [3.63, 3.8) is 0 Å². The second-order valence-electron chi connectivity index (χ2n) is 4.87. The van der Waals surface area contributed by atoms with Crippen LogP contribution in [0.25, 0.3) is 0 Å². The summed E-state index contributed by atoms with van der Waals surface area (Å²) in [5.41, 5.74) is 1.11. The van der Waals surface area contributed by atoms with Crippen molar-refractivity contribution in [2.75, 3.05) is 13.7 Å². The number of rotatable bonds is 5. The second-order valence-corrected chi connectivity index (χ2v) is 4.87. The lowest BCUT2D eigenvalue weighted by Crippen LogP contribution is -2.60. The molecular weight excluding hydrogens is 262 g/mol. The molecule has 0 amide bonds. The molecule has 0 spiro atoms. The molecule has 0 radical (unpaired) electrons. The first-order valence-corrected chi connectivity index (χ1v) is 6.60. The monoisotopic (exact) mass is 283 g/mol. The fourth-order valence-corrected chi connectivity index (χ4v) is 2.23. The molecule has 0 aliphatic carbocycles. The topological polar surface area (TPSA) is 91.2 Å². The quantitative estimate of drug-likeness (QED) is 0.567. The molecule has 2 rings (SSSR count). The molecule has 0 bridgehead atoms. The van der Waals surface area contributed by atoms with Gasteiger partial charge in [-0.25, -0.2) is 0 Å². The van der Waals surface area contributed by atoms with Gasteiger partial charge in [-0.3, -0.25) is 0 Å². The molecule has 112 valence electrons. The molecule has 5 atom stereocenters. The standard InChI is InChI=1S/C14H21NO5/c1-19-14-13(18)12(17)11(16)10(20-14)8-15-7-9-5-3-2-4-6-9/h2-6,10-18H,7-8H2,1H3/t10-,11-,12?,13+,14?/m1/s1. The summed E-state index contributed by atoms with van der Waals surface area (Å²) in [7, 11) is 1.38. The number of aliphatic hydroxyl groups excluding tert-OH is 3. The van der Waals surface area contributed by atoms with Gasteiger partial charge in [-0.1, -0.05) is 30.3 Å². The summed E-state index contributed by atoms with van der Waals surface area (Å²) < 4.78 is 10.4. The third-order valence-corrected chi connectivity index (χ3v) is 3.42. The van der Waals surface area contributed by atoms with Crippen LogP contribution in [0.15, 0.2) is 30.3 Å². The zero-order valence-electron chi connectivity index (χ0n) is 11.3. The van der Waals surface area contributed by atoms with E-state index in [4.69, 9.17) is 9.47 Å². The summed E-state index contributed by atoms with van der Waals surface area (Å²) in [6, 6.07) is 9.82. The Morgan fingerprint density at radius 2 is 1.80 bits per heavy atom. The molecular formula is C14H21NO5. The summed E-state index contributed by atoms with van der Waals surface area (Å²) in [5.74, 6) is 0. The highest BCUT2D eigenvalue weighted by Crippen LogP contribution is 2.21. The van der Waals surface area contributed by atoms with Crippen LogP contribution in [0.5, 0.6) is 0 Å². The van der Waals surface area contributed by atoms with Gasteiger partial charge in [0, 0.05) is 20.2 Å². The summed E-state index contributed by atoms with van der Waals surface area (Å²) in [6.45, 7) is 0.976. The first-order chi connectivity index (χ1) is 9.63. The number of methoxy groups -OCH3 is 1. The van der Waals surface area contributed by atoms with Crippen molar-refractivity contribution in [2.24, 2.45) is 0 Å². The van der Waals surface area contributed by atoms with Crippen LogP contribution in [0.3, 0.4) is 0 Å². The van der Waals surface area contributed by atoms with Crippen molar-refractivity contribution in [2.45, 2.75) is 37.3 Å². The molecule has 0 aromatic heterocycles. The van der Waals surface area contributed by atoms with E-state index in [1.54, 1.807) is 0 Å². The minimum absolute atomic E-state index is 0.347. The molecule has 20 heavy (non-hydrogen) atoms. The maximum absolute atomic E-state index is 9.89. The van der Waals surface area contributed by atoms with Crippen molar-refractivity contribution in [3.8, 4) is 0 Å². The van der Waals surface area contributed by atoms with Crippen LogP contribution in [-0.4, -0.2) is 59.7 Å². The van der Waals surface area contributed by atoms with E-state index >= 15 is 0 Å². The Balaban J connectivity index is 1.85. The van der Waals surface area contributed by atoms with E-state index < -0.39 is 30.7 Å². The lowest BCUT2D eigenvalue weighted by atomic mass is 9.99. The Morgan fingerprint density at radius 1 is 1.10 bits per heavy atom. The lowest BCUT2D eigenvalue weighted by molar-refractivity contribution is -0.288. The number of ether oxygens (including phenoxy) is 2. The third kappa shape index (κ3) is 3.54. The summed E-state index contributed by atoms with van der Waals surface area (Å²) in [6.07, 6.45) is -5.25. The zero-order valence-corrected chi connectivity index (χ0v) is 11.3. The maximum Gasteiger partial charge on any atom is 0.186 e. The van der Waals surface area contributed by atoms with E-state index in [1.807, 2.05) is 30.3 Å². The Labute approximate surface area is 118 Å². The summed E-state index contributed by atoms with van der Waals surface area (Å²) in [4.78, 5) is 0. The largest absolute Gasteiger partial charge is 0.388 e. The minimum Gasteiger partial charge on any atom is -0.388 e.